The standard InChI is InChI=1S/C30H34N2O9/c1-16(2)8-25(35)32(13-17-4-5-22-23(10-17)40-15-39-22)21-12-20(30(37)31-6-7-33)26-19-9-18(14-34)11-24(38-3)28(19)41-29(26)27(21)36/h4-5,9-12,14,16,21,26-27,29,33,36H,6-8,13,15H2,1-3H3,(H,31,37). The Bertz CT molecular complexity index is 1370. The highest BCUT2D eigenvalue weighted by Crippen LogP contribution is 2.51. The van der Waals surface area contributed by atoms with Gasteiger partial charge in [0, 0.05) is 36.2 Å². The minimum atomic E-state index is -1.23. The van der Waals surface area contributed by atoms with Crippen LogP contribution in [0.2, 0.25) is 0 Å². The zero-order valence-corrected chi connectivity index (χ0v) is 23.2. The van der Waals surface area contributed by atoms with Crippen LogP contribution < -0.4 is 24.3 Å². The van der Waals surface area contributed by atoms with Gasteiger partial charge in [0.15, 0.2) is 23.0 Å². The van der Waals surface area contributed by atoms with E-state index in [-0.39, 0.29) is 50.3 Å². The number of hydrogen-bond acceptors (Lipinski definition) is 9. The molecule has 2 aliphatic heterocycles. The van der Waals surface area contributed by atoms with Crippen molar-refractivity contribution in [2.45, 2.75) is 51.0 Å². The third-order valence-electron chi connectivity index (χ3n) is 7.46. The maximum atomic E-state index is 13.7. The van der Waals surface area contributed by atoms with E-state index in [1.807, 2.05) is 19.9 Å². The van der Waals surface area contributed by atoms with Crippen molar-refractivity contribution in [1.82, 2.24) is 10.2 Å². The molecule has 11 nitrogen and oxygen atoms in total. The second-order valence-corrected chi connectivity index (χ2v) is 10.7. The van der Waals surface area contributed by atoms with E-state index in [2.05, 4.69) is 5.32 Å². The molecule has 0 saturated carbocycles. The molecule has 2 aromatic rings. The summed E-state index contributed by atoms with van der Waals surface area (Å²) in [4.78, 5) is 40.4. The van der Waals surface area contributed by atoms with Crippen molar-refractivity contribution < 1.29 is 43.5 Å². The molecule has 0 bridgehead atoms. The molecule has 218 valence electrons. The summed E-state index contributed by atoms with van der Waals surface area (Å²) in [6.07, 6.45) is 0.320. The predicted molar refractivity (Wildman–Crippen MR) is 146 cm³/mol. The van der Waals surface area contributed by atoms with E-state index in [0.29, 0.717) is 40.4 Å². The number of fused-ring (bicyclic) bond motifs is 4. The van der Waals surface area contributed by atoms with Crippen LogP contribution in [0.1, 0.15) is 47.7 Å². The largest absolute Gasteiger partial charge is 0.493 e. The minimum absolute atomic E-state index is 0.0133. The Morgan fingerprint density at radius 3 is 2.68 bits per heavy atom. The number of aliphatic hydroxyl groups is 2. The third kappa shape index (κ3) is 5.47. The molecular weight excluding hydrogens is 532 g/mol. The first-order chi connectivity index (χ1) is 19.7. The molecule has 3 N–H and O–H groups in total. The number of ether oxygens (including phenoxy) is 4. The molecular formula is C30H34N2O9. The predicted octanol–water partition coefficient (Wildman–Crippen LogP) is 1.93. The lowest BCUT2D eigenvalue weighted by Crippen LogP contribution is -2.55. The molecule has 4 unspecified atom stereocenters. The minimum Gasteiger partial charge on any atom is -0.493 e. The van der Waals surface area contributed by atoms with Crippen LogP contribution in [0, 0.1) is 5.92 Å². The van der Waals surface area contributed by atoms with E-state index in [9.17, 15) is 24.6 Å². The maximum absolute atomic E-state index is 13.7. The molecule has 0 fully saturated rings. The lowest BCUT2D eigenvalue weighted by molar-refractivity contribution is -0.138. The average molecular weight is 567 g/mol. The Morgan fingerprint density at radius 1 is 1.20 bits per heavy atom. The van der Waals surface area contributed by atoms with E-state index in [4.69, 9.17) is 18.9 Å². The number of rotatable bonds is 10. The third-order valence-corrected chi connectivity index (χ3v) is 7.46. The van der Waals surface area contributed by atoms with Gasteiger partial charge in [0.25, 0.3) is 0 Å². The number of nitrogens with one attached hydrogen (secondary N) is 1. The molecule has 2 heterocycles. The van der Waals surface area contributed by atoms with Crippen LogP contribution in [0.5, 0.6) is 23.0 Å². The Hall–Kier alpha value is -4.09. The topological polar surface area (TPSA) is 144 Å². The quantitative estimate of drug-likeness (QED) is 0.368. The van der Waals surface area contributed by atoms with Crippen LogP contribution in [0.25, 0.3) is 0 Å². The van der Waals surface area contributed by atoms with Gasteiger partial charge >= 0.3 is 0 Å². The first-order valence-electron chi connectivity index (χ1n) is 13.6. The van der Waals surface area contributed by atoms with Crippen molar-refractivity contribution >= 4 is 18.1 Å². The maximum Gasteiger partial charge on any atom is 0.247 e. The van der Waals surface area contributed by atoms with Gasteiger partial charge in [-0.2, -0.15) is 0 Å². The van der Waals surface area contributed by atoms with Crippen molar-refractivity contribution in [3.05, 3.63) is 58.7 Å². The number of nitrogens with zero attached hydrogens (tertiary/aromatic N) is 1. The van der Waals surface area contributed by atoms with Crippen LogP contribution in [0.3, 0.4) is 0 Å². The number of carbonyl (C=O) groups is 3. The van der Waals surface area contributed by atoms with E-state index >= 15 is 0 Å². The van der Waals surface area contributed by atoms with Gasteiger partial charge in [0.1, 0.15) is 18.5 Å². The van der Waals surface area contributed by atoms with Gasteiger partial charge in [-0.1, -0.05) is 19.9 Å². The molecule has 41 heavy (non-hydrogen) atoms. The van der Waals surface area contributed by atoms with Crippen LogP contribution in [0.4, 0.5) is 0 Å². The fourth-order valence-corrected chi connectivity index (χ4v) is 5.62. The first-order valence-corrected chi connectivity index (χ1v) is 13.6. The van der Waals surface area contributed by atoms with E-state index in [0.717, 1.165) is 5.56 Å². The molecule has 2 amide bonds. The first kappa shape index (κ1) is 28.4. The lowest BCUT2D eigenvalue weighted by Gasteiger charge is -2.41. The number of carbonyl (C=O) groups excluding carboxylic acids is 3. The average Bonchev–Trinajstić information content (AvgIpc) is 3.59. The Morgan fingerprint density at radius 2 is 1.98 bits per heavy atom. The Balaban J connectivity index is 1.58. The van der Waals surface area contributed by atoms with Gasteiger partial charge in [-0.3, -0.25) is 14.4 Å². The normalized spacial score (nSPS) is 21.9. The van der Waals surface area contributed by atoms with Gasteiger partial charge in [0.05, 0.1) is 25.7 Å². The summed E-state index contributed by atoms with van der Waals surface area (Å²) in [7, 11) is 1.44. The summed E-state index contributed by atoms with van der Waals surface area (Å²) in [5, 5.41) is 23.8. The number of methoxy groups -OCH3 is 1. The SMILES string of the molecule is COc1cc(C=O)cc2c1OC1C2C(C(=O)NCCO)=CC(N(Cc2ccc3c(c2)OCO3)C(=O)CC(C)C)C1O. The number of aliphatic hydroxyl groups excluding tert-OH is 2. The molecule has 5 rings (SSSR count). The summed E-state index contributed by atoms with van der Waals surface area (Å²) in [5.41, 5.74) is 1.87. The van der Waals surface area contributed by atoms with Crippen molar-refractivity contribution in [2.75, 3.05) is 27.1 Å². The van der Waals surface area contributed by atoms with E-state index in [1.54, 1.807) is 29.2 Å². The van der Waals surface area contributed by atoms with Gasteiger partial charge < -0.3 is 39.4 Å². The highest BCUT2D eigenvalue weighted by Gasteiger charge is 2.51. The molecule has 0 saturated heterocycles. The number of amides is 2. The van der Waals surface area contributed by atoms with Gasteiger partial charge in [-0.25, -0.2) is 0 Å². The molecule has 2 aromatic carbocycles. The van der Waals surface area contributed by atoms with Crippen molar-refractivity contribution in [1.29, 1.82) is 0 Å². The fraction of sp³-hybridized carbons (Fsp3) is 0.433. The van der Waals surface area contributed by atoms with Crippen LogP contribution in [-0.2, 0) is 16.1 Å². The lowest BCUT2D eigenvalue weighted by atomic mass is 9.77. The molecule has 3 aliphatic rings. The van der Waals surface area contributed by atoms with E-state index < -0.39 is 30.1 Å². The van der Waals surface area contributed by atoms with Gasteiger partial charge in [-0.15, -0.1) is 0 Å². The Kier molecular flexibility index (Phi) is 8.18. The summed E-state index contributed by atoms with van der Waals surface area (Å²) in [6, 6.07) is 7.61. The van der Waals surface area contributed by atoms with Crippen LogP contribution in [-0.4, -0.2) is 78.5 Å². The van der Waals surface area contributed by atoms with Crippen LogP contribution >= 0.6 is 0 Å². The molecule has 11 heteroatoms. The number of benzene rings is 2. The molecule has 0 aromatic heterocycles. The highest BCUT2D eigenvalue weighted by atomic mass is 16.7. The molecule has 0 spiro atoms. The molecule has 1 aliphatic carbocycles. The summed E-state index contributed by atoms with van der Waals surface area (Å²) in [5.74, 6) is 0.421. The second kappa shape index (κ2) is 11.8. The zero-order valence-electron chi connectivity index (χ0n) is 23.2. The number of aldehydes is 1. The van der Waals surface area contributed by atoms with Gasteiger partial charge in [-0.05, 0) is 41.8 Å². The highest BCUT2D eigenvalue weighted by molar-refractivity contribution is 5.96. The van der Waals surface area contributed by atoms with E-state index in [1.165, 1.54) is 13.2 Å². The zero-order chi connectivity index (χ0) is 29.3. The smallest absolute Gasteiger partial charge is 0.247 e. The van der Waals surface area contributed by atoms with Gasteiger partial charge in [0.2, 0.25) is 18.6 Å². The summed E-state index contributed by atoms with van der Waals surface area (Å²) >= 11 is 0. The Labute approximate surface area is 237 Å². The van der Waals surface area contributed by atoms with Crippen molar-refractivity contribution in [3.8, 4) is 23.0 Å². The molecule has 4 atom stereocenters. The number of hydrogen-bond donors (Lipinski definition) is 3. The second-order valence-electron chi connectivity index (χ2n) is 10.7. The van der Waals surface area contributed by atoms with Crippen molar-refractivity contribution in [2.24, 2.45) is 5.92 Å². The fourth-order valence-electron chi connectivity index (χ4n) is 5.62. The molecule has 0 radical (unpaired) electrons. The summed E-state index contributed by atoms with van der Waals surface area (Å²) in [6.45, 7) is 3.86. The summed E-state index contributed by atoms with van der Waals surface area (Å²) < 4.78 is 22.6. The van der Waals surface area contributed by atoms with Crippen LogP contribution in [0.15, 0.2) is 42.0 Å². The monoisotopic (exact) mass is 566 g/mol. The van der Waals surface area contributed by atoms with Crippen molar-refractivity contribution in [3.63, 3.8) is 0 Å².